The fourth-order valence-corrected chi connectivity index (χ4v) is 3.13. The van der Waals surface area contributed by atoms with Crippen molar-refractivity contribution in [2.75, 3.05) is 6.61 Å². The lowest BCUT2D eigenvalue weighted by molar-refractivity contribution is -0.156. The Balaban J connectivity index is 2.19. The maximum atomic E-state index is 12.3. The van der Waals surface area contributed by atoms with Crippen LogP contribution in [0.2, 0.25) is 0 Å². The highest BCUT2D eigenvalue weighted by atomic mass is 16.6. The van der Waals surface area contributed by atoms with E-state index in [-0.39, 0.29) is 24.9 Å². The first kappa shape index (κ1) is 15.8. The van der Waals surface area contributed by atoms with Crippen molar-refractivity contribution in [2.24, 2.45) is 5.92 Å². The van der Waals surface area contributed by atoms with Gasteiger partial charge in [-0.1, -0.05) is 0 Å². The second-order valence-corrected chi connectivity index (χ2v) is 6.59. The Kier molecular flexibility index (Phi) is 4.25. The molecule has 21 heavy (non-hydrogen) atoms. The van der Waals surface area contributed by atoms with E-state index in [2.05, 4.69) is 0 Å². The molecule has 2 fully saturated rings. The third-order valence-electron chi connectivity index (χ3n) is 3.86. The zero-order valence-electron chi connectivity index (χ0n) is 13.0. The van der Waals surface area contributed by atoms with Crippen LogP contribution >= 0.6 is 0 Å². The Bertz CT molecular complexity index is 453. The minimum Gasteiger partial charge on any atom is -0.465 e. The van der Waals surface area contributed by atoms with Gasteiger partial charge in [0, 0.05) is 12.5 Å². The van der Waals surface area contributed by atoms with Crippen LogP contribution in [0.5, 0.6) is 0 Å². The number of fused-ring (bicyclic) bond motifs is 2. The summed E-state index contributed by atoms with van der Waals surface area (Å²) in [5.74, 6) is -1.52. The number of ketones is 1. The first-order chi connectivity index (χ1) is 9.74. The summed E-state index contributed by atoms with van der Waals surface area (Å²) in [6, 6.07) is -0.576. The summed E-state index contributed by atoms with van der Waals surface area (Å²) in [7, 11) is 0. The molecule has 0 aromatic heterocycles. The molecule has 0 radical (unpaired) electrons. The fraction of sp³-hybridized carbons (Fsp3) is 0.800. The van der Waals surface area contributed by atoms with Crippen LogP contribution in [0.1, 0.15) is 47.0 Å². The molecule has 118 valence electrons. The van der Waals surface area contributed by atoms with Gasteiger partial charge in [0.1, 0.15) is 11.5 Å². The second-order valence-electron chi connectivity index (χ2n) is 6.59. The summed E-state index contributed by atoms with van der Waals surface area (Å²) in [6.07, 6.45) is 1.13. The molecule has 0 spiro atoms. The Morgan fingerprint density at radius 2 is 1.95 bits per heavy atom. The lowest BCUT2D eigenvalue weighted by atomic mass is 9.89. The standard InChI is InChI=1S/C15H23NO5/c1-5-20-13(18)12-10-7-6-9(8-11(12)17)16(10)14(19)21-15(2,3)4/h9-10,12H,5-8H2,1-4H3. The van der Waals surface area contributed by atoms with E-state index in [1.807, 2.05) is 0 Å². The number of nitrogens with zero attached hydrogens (tertiary/aromatic N) is 1. The number of esters is 1. The average molecular weight is 297 g/mol. The van der Waals surface area contributed by atoms with Gasteiger partial charge in [-0.15, -0.1) is 0 Å². The number of rotatable bonds is 2. The van der Waals surface area contributed by atoms with Crippen molar-refractivity contribution in [1.82, 2.24) is 4.90 Å². The number of carbonyl (C=O) groups is 3. The lowest BCUT2D eigenvalue weighted by Crippen LogP contribution is -2.55. The van der Waals surface area contributed by atoms with E-state index in [1.165, 1.54) is 0 Å². The van der Waals surface area contributed by atoms with E-state index in [1.54, 1.807) is 32.6 Å². The summed E-state index contributed by atoms with van der Waals surface area (Å²) in [5, 5.41) is 0. The molecule has 0 saturated carbocycles. The molecule has 6 nitrogen and oxygen atoms in total. The number of hydrogen-bond acceptors (Lipinski definition) is 5. The molecule has 3 unspecified atom stereocenters. The van der Waals surface area contributed by atoms with Crippen molar-refractivity contribution in [3.8, 4) is 0 Å². The highest BCUT2D eigenvalue weighted by Crippen LogP contribution is 2.38. The molecule has 2 saturated heterocycles. The van der Waals surface area contributed by atoms with E-state index >= 15 is 0 Å². The lowest BCUT2D eigenvalue weighted by Gasteiger charge is -2.38. The SMILES string of the molecule is CCOC(=O)C1C(=O)CC2CCC1N2C(=O)OC(C)(C)C. The van der Waals surface area contributed by atoms with Crippen LogP contribution in [-0.2, 0) is 19.1 Å². The molecule has 0 aromatic rings. The van der Waals surface area contributed by atoms with Crippen molar-refractivity contribution < 1.29 is 23.9 Å². The van der Waals surface area contributed by atoms with Gasteiger partial charge in [-0.3, -0.25) is 9.59 Å². The summed E-state index contributed by atoms with van der Waals surface area (Å²) in [5.41, 5.74) is -0.600. The van der Waals surface area contributed by atoms with Crippen LogP contribution < -0.4 is 0 Å². The third kappa shape index (κ3) is 3.19. The third-order valence-corrected chi connectivity index (χ3v) is 3.86. The molecule has 0 aromatic carbocycles. The molecule has 3 atom stereocenters. The van der Waals surface area contributed by atoms with Gasteiger partial charge >= 0.3 is 12.1 Å². The van der Waals surface area contributed by atoms with E-state index in [0.29, 0.717) is 6.42 Å². The van der Waals surface area contributed by atoms with E-state index < -0.39 is 29.6 Å². The number of carbonyl (C=O) groups excluding carboxylic acids is 3. The average Bonchev–Trinajstić information content (AvgIpc) is 2.63. The smallest absolute Gasteiger partial charge is 0.410 e. The molecule has 6 heteroatoms. The van der Waals surface area contributed by atoms with Crippen molar-refractivity contribution in [2.45, 2.75) is 64.6 Å². The Morgan fingerprint density at radius 1 is 1.29 bits per heavy atom. The number of ether oxygens (including phenoxy) is 2. The quantitative estimate of drug-likeness (QED) is 0.575. The minimum atomic E-state index is -0.865. The predicted octanol–water partition coefficient (Wildman–Crippen LogP) is 1.91. The summed E-state index contributed by atoms with van der Waals surface area (Å²) in [6.45, 7) is 7.32. The van der Waals surface area contributed by atoms with Crippen LogP contribution in [-0.4, -0.2) is 47.0 Å². The molecular formula is C15H23NO5. The van der Waals surface area contributed by atoms with Crippen molar-refractivity contribution in [3.63, 3.8) is 0 Å². The summed E-state index contributed by atoms with van der Waals surface area (Å²) >= 11 is 0. The van der Waals surface area contributed by atoms with Crippen LogP contribution in [0.3, 0.4) is 0 Å². The first-order valence-electron chi connectivity index (χ1n) is 7.45. The molecule has 0 aliphatic carbocycles. The molecule has 2 bridgehead atoms. The zero-order chi connectivity index (χ0) is 15.8. The van der Waals surface area contributed by atoms with Crippen molar-refractivity contribution in [1.29, 1.82) is 0 Å². The van der Waals surface area contributed by atoms with Gasteiger partial charge < -0.3 is 14.4 Å². The van der Waals surface area contributed by atoms with Gasteiger partial charge in [-0.2, -0.15) is 0 Å². The van der Waals surface area contributed by atoms with Gasteiger partial charge in [-0.05, 0) is 40.5 Å². The number of hydrogen-bond donors (Lipinski definition) is 0. The second kappa shape index (κ2) is 5.66. The molecular weight excluding hydrogens is 274 g/mol. The predicted molar refractivity (Wildman–Crippen MR) is 74.6 cm³/mol. The normalized spacial score (nSPS) is 28.5. The number of amides is 1. The van der Waals surface area contributed by atoms with Crippen LogP contribution in [0.25, 0.3) is 0 Å². The summed E-state index contributed by atoms with van der Waals surface area (Å²) in [4.78, 5) is 38.1. The number of piperidine rings is 1. The van der Waals surface area contributed by atoms with Gasteiger partial charge in [0.2, 0.25) is 0 Å². The molecule has 1 amide bonds. The minimum absolute atomic E-state index is 0.124. The Hall–Kier alpha value is -1.59. The monoisotopic (exact) mass is 297 g/mol. The number of Topliss-reactive ketones (excluding diaryl/α,β-unsaturated/α-hetero) is 1. The van der Waals surface area contributed by atoms with Gasteiger partial charge in [0.05, 0.1) is 12.6 Å². The van der Waals surface area contributed by atoms with Gasteiger partial charge in [0.15, 0.2) is 5.78 Å². The first-order valence-corrected chi connectivity index (χ1v) is 7.45. The van der Waals surface area contributed by atoms with E-state index in [9.17, 15) is 14.4 Å². The molecule has 2 aliphatic heterocycles. The fourth-order valence-electron chi connectivity index (χ4n) is 3.13. The Morgan fingerprint density at radius 3 is 2.52 bits per heavy atom. The zero-order valence-corrected chi connectivity index (χ0v) is 13.0. The van der Waals surface area contributed by atoms with E-state index in [0.717, 1.165) is 6.42 Å². The largest absolute Gasteiger partial charge is 0.465 e. The maximum absolute atomic E-state index is 12.3. The van der Waals surface area contributed by atoms with Crippen LogP contribution in [0.15, 0.2) is 0 Å². The van der Waals surface area contributed by atoms with Crippen molar-refractivity contribution in [3.05, 3.63) is 0 Å². The van der Waals surface area contributed by atoms with Crippen LogP contribution in [0.4, 0.5) is 4.79 Å². The molecule has 2 aliphatic rings. The highest BCUT2D eigenvalue weighted by molar-refractivity contribution is 6.01. The maximum Gasteiger partial charge on any atom is 0.410 e. The van der Waals surface area contributed by atoms with Gasteiger partial charge in [-0.25, -0.2) is 4.79 Å². The molecule has 0 N–H and O–H groups in total. The van der Waals surface area contributed by atoms with Gasteiger partial charge in [0.25, 0.3) is 0 Å². The van der Waals surface area contributed by atoms with Crippen LogP contribution in [0, 0.1) is 5.92 Å². The Labute approximate surface area is 124 Å². The highest BCUT2D eigenvalue weighted by Gasteiger charge is 2.53. The summed E-state index contributed by atoms with van der Waals surface area (Å²) < 4.78 is 10.4. The molecule has 2 heterocycles. The molecule has 2 rings (SSSR count). The van der Waals surface area contributed by atoms with E-state index in [4.69, 9.17) is 9.47 Å². The topological polar surface area (TPSA) is 72.9 Å². The van der Waals surface area contributed by atoms with Crippen molar-refractivity contribution >= 4 is 17.8 Å².